The molecule has 0 unspecified atom stereocenters. The van der Waals surface area contributed by atoms with Crippen molar-refractivity contribution in [1.82, 2.24) is 4.31 Å². The van der Waals surface area contributed by atoms with Gasteiger partial charge in [0.2, 0.25) is 15.9 Å². The molecule has 5 nitrogen and oxygen atoms in total. The molecule has 0 aromatic heterocycles. The maximum Gasteiger partial charge on any atom is 0.243 e. The van der Waals surface area contributed by atoms with Crippen LogP contribution in [0, 0.1) is 0 Å². The number of halogens is 1. The van der Waals surface area contributed by atoms with E-state index in [0.717, 1.165) is 12.8 Å². The molecular weight excluding hydrogens is 344 g/mol. The molecule has 20 heavy (non-hydrogen) atoms. The summed E-state index contributed by atoms with van der Waals surface area (Å²) in [6.45, 7) is 1.18. The Morgan fingerprint density at radius 1 is 1.20 bits per heavy atom. The van der Waals surface area contributed by atoms with Gasteiger partial charge in [0.05, 0.1) is 4.90 Å². The molecule has 0 aliphatic carbocycles. The Kier molecular flexibility index (Phi) is 5.17. The summed E-state index contributed by atoms with van der Waals surface area (Å²) in [5.41, 5.74) is 0.608. The van der Waals surface area contributed by atoms with E-state index in [4.69, 9.17) is 0 Å². The van der Waals surface area contributed by atoms with Gasteiger partial charge in [-0.05, 0) is 37.1 Å². The van der Waals surface area contributed by atoms with Gasteiger partial charge >= 0.3 is 0 Å². The molecule has 7 heteroatoms. The van der Waals surface area contributed by atoms with E-state index < -0.39 is 10.0 Å². The van der Waals surface area contributed by atoms with E-state index in [2.05, 4.69) is 21.2 Å². The van der Waals surface area contributed by atoms with Gasteiger partial charge in [-0.3, -0.25) is 4.79 Å². The Labute approximate surface area is 127 Å². The molecule has 1 saturated heterocycles. The minimum absolute atomic E-state index is 0.1000. The van der Waals surface area contributed by atoms with E-state index in [9.17, 15) is 13.2 Å². The van der Waals surface area contributed by atoms with Gasteiger partial charge in [-0.1, -0.05) is 15.9 Å². The van der Waals surface area contributed by atoms with Crippen LogP contribution in [0.1, 0.15) is 19.3 Å². The third kappa shape index (κ3) is 3.59. The van der Waals surface area contributed by atoms with Gasteiger partial charge in [0, 0.05) is 30.5 Å². The minimum atomic E-state index is -3.38. The number of sulfonamides is 1. The molecule has 1 amide bonds. The number of benzene rings is 1. The molecule has 0 radical (unpaired) electrons. The highest BCUT2D eigenvalue weighted by Crippen LogP contribution is 2.22. The first-order valence-corrected chi connectivity index (χ1v) is 9.06. The normalized spacial score (nSPS) is 16.2. The first-order chi connectivity index (χ1) is 9.54. The summed E-state index contributed by atoms with van der Waals surface area (Å²) in [6, 6.07) is 6.32. The van der Waals surface area contributed by atoms with Crippen LogP contribution in [0.4, 0.5) is 5.69 Å². The monoisotopic (exact) mass is 360 g/mol. The van der Waals surface area contributed by atoms with Gasteiger partial charge in [0.15, 0.2) is 0 Å². The number of hydrogen-bond donors (Lipinski definition) is 1. The second-order valence-corrected chi connectivity index (χ2v) is 7.35. The summed E-state index contributed by atoms with van der Waals surface area (Å²) in [4.78, 5) is 11.7. The Hall–Kier alpha value is -0.920. The molecule has 1 N–H and O–H groups in total. The number of carbonyl (C=O) groups excluding carboxylic acids is 1. The highest BCUT2D eigenvalue weighted by Gasteiger charge is 2.26. The average Bonchev–Trinajstić information content (AvgIpc) is 2.94. The molecule has 1 aliphatic heterocycles. The van der Waals surface area contributed by atoms with Crippen molar-refractivity contribution in [2.75, 3.05) is 23.7 Å². The number of amides is 1. The first kappa shape index (κ1) is 15.5. The molecule has 1 aromatic carbocycles. The molecule has 1 aliphatic rings. The lowest BCUT2D eigenvalue weighted by atomic mass is 10.3. The minimum Gasteiger partial charge on any atom is -0.326 e. The molecule has 1 fully saturated rings. The molecule has 1 aromatic rings. The molecule has 0 bridgehead atoms. The van der Waals surface area contributed by atoms with Crippen LogP contribution in [0.5, 0.6) is 0 Å². The lowest BCUT2D eigenvalue weighted by Gasteiger charge is -2.15. The third-order valence-electron chi connectivity index (χ3n) is 3.16. The molecule has 0 spiro atoms. The molecule has 1 heterocycles. The Balaban J connectivity index is 2.09. The second kappa shape index (κ2) is 6.69. The number of nitrogens with one attached hydrogen (secondary N) is 1. The number of carbonyl (C=O) groups is 1. The van der Waals surface area contributed by atoms with E-state index in [1.165, 1.54) is 16.4 Å². The smallest absolute Gasteiger partial charge is 0.243 e. The topological polar surface area (TPSA) is 66.5 Å². The van der Waals surface area contributed by atoms with E-state index in [1.807, 2.05) is 0 Å². The predicted molar refractivity (Wildman–Crippen MR) is 81.5 cm³/mol. The van der Waals surface area contributed by atoms with Crippen LogP contribution < -0.4 is 5.32 Å². The zero-order chi connectivity index (χ0) is 14.6. The molecular formula is C13H17BrN2O3S. The highest BCUT2D eigenvalue weighted by molar-refractivity contribution is 9.09. The Morgan fingerprint density at radius 2 is 1.80 bits per heavy atom. The second-order valence-electron chi connectivity index (χ2n) is 4.62. The lowest BCUT2D eigenvalue weighted by Crippen LogP contribution is -2.27. The van der Waals surface area contributed by atoms with Crippen molar-refractivity contribution in [3.8, 4) is 0 Å². The summed E-state index contributed by atoms with van der Waals surface area (Å²) in [7, 11) is -3.38. The fourth-order valence-corrected chi connectivity index (χ4v) is 3.97. The number of rotatable bonds is 5. The summed E-state index contributed by atoms with van der Waals surface area (Å²) < 4.78 is 26.1. The van der Waals surface area contributed by atoms with Crippen LogP contribution in [-0.4, -0.2) is 37.0 Å². The number of hydrogen-bond acceptors (Lipinski definition) is 3. The summed E-state index contributed by atoms with van der Waals surface area (Å²) in [5.74, 6) is -0.1000. The van der Waals surface area contributed by atoms with Gasteiger partial charge in [0.25, 0.3) is 0 Å². The largest absolute Gasteiger partial charge is 0.326 e. The first-order valence-electron chi connectivity index (χ1n) is 6.50. The van der Waals surface area contributed by atoms with Crippen LogP contribution in [0.2, 0.25) is 0 Å². The maximum absolute atomic E-state index is 12.3. The zero-order valence-electron chi connectivity index (χ0n) is 11.0. The standard InChI is InChI=1S/C13H17BrN2O3S/c14-8-7-13(17)15-11-3-5-12(6-4-11)20(18,19)16-9-1-2-10-16/h3-6H,1-2,7-10H2,(H,15,17). The fraction of sp³-hybridized carbons (Fsp3) is 0.462. The van der Waals surface area contributed by atoms with Crippen LogP contribution in [-0.2, 0) is 14.8 Å². The van der Waals surface area contributed by atoms with Crippen molar-refractivity contribution in [3.05, 3.63) is 24.3 Å². The van der Waals surface area contributed by atoms with Crippen LogP contribution in [0.25, 0.3) is 0 Å². The molecule has 0 atom stereocenters. The number of nitrogens with zero attached hydrogens (tertiary/aromatic N) is 1. The van der Waals surface area contributed by atoms with Crippen molar-refractivity contribution in [2.45, 2.75) is 24.2 Å². The quantitative estimate of drug-likeness (QED) is 0.818. The van der Waals surface area contributed by atoms with Gasteiger partial charge in [-0.15, -0.1) is 0 Å². The summed E-state index contributed by atoms with van der Waals surface area (Å²) in [5, 5.41) is 3.31. The van der Waals surface area contributed by atoms with Gasteiger partial charge in [-0.2, -0.15) is 4.31 Å². The lowest BCUT2D eigenvalue weighted by molar-refractivity contribution is -0.115. The van der Waals surface area contributed by atoms with E-state index in [-0.39, 0.29) is 10.8 Å². The van der Waals surface area contributed by atoms with Crippen molar-refractivity contribution >= 4 is 37.5 Å². The molecule has 110 valence electrons. The average molecular weight is 361 g/mol. The van der Waals surface area contributed by atoms with E-state index >= 15 is 0 Å². The number of alkyl halides is 1. The van der Waals surface area contributed by atoms with Crippen molar-refractivity contribution in [1.29, 1.82) is 0 Å². The number of anilines is 1. The van der Waals surface area contributed by atoms with Crippen molar-refractivity contribution < 1.29 is 13.2 Å². The third-order valence-corrected chi connectivity index (χ3v) is 5.47. The van der Waals surface area contributed by atoms with Crippen LogP contribution in [0.3, 0.4) is 0 Å². The van der Waals surface area contributed by atoms with Crippen LogP contribution >= 0.6 is 15.9 Å². The SMILES string of the molecule is O=C(CCBr)Nc1ccc(S(=O)(=O)N2CCCC2)cc1. The van der Waals surface area contributed by atoms with Crippen molar-refractivity contribution in [3.63, 3.8) is 0 Å². The van der Waals surface area contributed by atoms with Crippen molar-refractivity contribution in [2.24, 2.45) is 0 Å². The predicted octanol–water partition coefficient (Wildman–Crippen LogP) is 2.19. The van der Waals surface area contributed by atoms with Gasteiger partial charge in [-0.25, -0.2) is 8.42 Å². The zero-order valence-corrected chi connectivity index (χ0v) is 13.4. The van der Waals surface area contributed by atoms with Gasteiger partial charge < -0.3 is 5.32 Å². The van der Waals surface area contributed by atoms with E-state index in [0.29, 0.717) is 30.5 Å². The van der Waals surface area contributed by atoms with Gasteiger partial charge in [0.1, 0.15) is 0 Å². The fourth-order valence-electron chi connectivity index (χ4n) is 2.10. The molecule has 2 rings (SSSR count). The highest BCUT2D eigenvalue weighted by atomic mass is 79.9. The summed E-state index contributed by atoms with van der Waals surface area (Å²) in [6.07, 6.45) is 2.22. The van der Waals surface area contributed by atoms with Crippen LogP contribution in [0.15, 0.2) is 29.2 Å². The Bertz CT molecular complexity index is 566. The summed E-state index contributed by atoms with van der Waals surface area (Å²) >= 11 is 3.19. The van der Waals surface area contributed by atoms with E-state index in [1.54, 1.807) is 12.1 Å². The Morgan fingerprint density at radius 3 is 2.35 bits per heavy atom. The molecule has 0 saturated carbocycles. The maximum atomic E-state index is 12.3.